The molecule has 0 aromatic heterocycles. The van der Waals surface area contributed by atoms with Gasteiger partial charge in [0, 0.05) is 13.2 Å². The molecule has 3 unspecified atom stereocenters. The molecule has 1 aliphatic carbocycles. The van der Waals surface area contributed by atoms with E-state index in [0.717, 1.165) is 38.9 Å². The van der Waals surface area contributed by atoms with Crippen LogP contribution in [0.15, 0.2) is 0 Å². The number of epoxide rings is 1. The fraction of sp³-hybridized carbons (Fsp3) is 1.00. The summed E-state index contributed by atoms with van der Waals surface area (Å²) in [5, 5.41) is 0. The summed E-state index contributed by atoms with van der Waals surface area (Å²) < 4.78 is 36.4. The third-order valence-corrected chi connectivity index (χ3v) is 6.05. The van der Waals surface area contributed by atoms with Crippen LogP contribution in [0.25, 0.3) is 0 Å². The lowest BCUT2D eigenvalue weighted by molar-refractivity contribution is -0.514. The van der Waals surface area contributed by atoms with Gasteiger partial charge in [0.1, 0.15) is 35.1 Å². The highest BCUT2D eigenvalue weighted by Crippen LogP contribution is 2.65. The Morgan fingerprint density at radius 3 is 1.55 bits per heavy atom. The van der Waals surface area contributed by atoms with Crippen molar-refractivity contribution >= 4 is 0 Å². The van der Waals surface area contributed by atoms with Crippen molar-refractivity contribution in [2.24, 2.45) is 0 Å². The van der Waals surface area contributed by atoms with Crippen LogP contribution < -0.4 is 0 Å². The lowest BCUT2D eigenvalue weighted by Crippen LogP contribution is -2.85. The Hall–Kier alpha value is -0.240. The summed E-state index contributed by atoms with van der Waals surface area (Å²) in [7, 11) is 0. The van der Waals surface area contributed by atoms with Gasteiger partial charge in [-0.05, 0) is 25.7 Å². The average molecular weight is 282 g/mol. The molecule has 6 saturated heterocycles. The Labute approximate surface area is 116 Å². The second-order valence-electron chi connectivity index (χ2n) is 6.89. The van der Waals surface area contributed by atoms with Crippen molar-refractivity contribution in [1.82, 2.24) is 0 Å². The van der Waals surface area contributed by atoms with Gasteiger partial charge in [-0.3, -0.25) is 0 Å². The summed E-state index contributed by atoms with van der Waals surface area (Å²) in [5.41, 5.74) is -1.18. The van der Waals surface area contributed by atoms with Gasteiger partial charge in [0.05, 0.1) is 6.61 Å². The van der Waals surface area contributed by atoms with Gasteiger partial charge in [-0.15, -0.1) is 0 Å². The summed E-state index contributed by atoms with van der Waals surface area (Å²) in [6.45, 7) is 1.64. The SMILES string of the molecule is C1CO[C@@]2(C1)C1OC3O[C@H](C4(CO4)[C@@H]2O3)[C@@]12CCCO2. The Morgan fingerprint density at radius 1 is 0.650 bits per heavy atom. The van der Waals surface area contributed by atoms with Crippen LogP contribution in [-0.4, -0.2) is 61.4 Å². The maximum Gasteiger partial charge on any atom is 0.273 e. The van der Waals surface area contributed by atoms with Crippen molar-refractivity contribution in [2.75, 3.05) is 19.8 Å². The molecule has 6 heteroatoms. The van der Waals surface area contributed by atoms with Gasteiger partial charge in [-0.25, -0.2) is 0 Å². The van der Waals surface area contributed by atoms with Crippen molar-refractivity contribution < 1.29 is 28.4 Å². The summed E-state index contributed by atoms with van der Waals surface area (Å²) in [6, 6.07) is 0. The molecule has 20 heavy (non-hydrogen) atoms. The first kappa shape index (κ1) is 11.3. The summed E-state index contributed by atoms with van der Waals surface area (Å²) in [5.74, 6) is 0. The molecule has 6 nitrogen and oxygen atoms in total. The van der Waals surface area contributed by atoms with Gasteiger partial charge in [-0.1, -0.05) is 0 Å². The van der Waals surface area contributed by atoms with E-state index in [-0.39, 0.29) is 23.9 Å². The molecule has 110 valence electrons. The first-order valence-corrected chi connectivity index (χ1v) is 7.69. The first-order chi connectivity index (χ1) is 9.80. The number of rotatable bonds is 0. The van der Waals surface area contributed by atoms with Crippen LogP contribution in [0.1, 0.15) is 25.7 Å². The maximum atomic E-state index is 6.21. The lowest BCUT2D eigenvalue weighted by Gasteiger charge is -2.66. The standard InChI is InChI=1S/C14H18O6/c1-3-12(15-5-1)8-13(4-2-6-16-13)10-14(7-17-14)9(12)19-11(18-8)20-10/h8-11H,1-7H2/t8?,9-,10+,11?,12+,13-,14?. The van der Waals surface area contributed by atoms with Gasteiger partial charge >= 0.3 is 0 Å². The van der Waals surface area contributed by atoms with Gasteiger partial charge in [-0.2, -0.15) is 0 Å². The Balaban J connectivity index is 1.57. The summed E-state index contributed by atoms with van der Waals surface area (Å²) in [4.78, 5) is 0. The molecule has 6 heterocycles. The Bertz CT molecular complexity index is 426. The molecular weight excluding hydrogens is 264 g/mol. The van der Waals surface area contributed by atoms with E-state index in [1.165, 1.54) is 0 Å². The predicted octanol–water partition coefficient (Wildman–Crippen LogP) is 0.334. The third kappa shape index (κ3) is 0.996. The topological polar surface area (TPSA) is 58.7 Å². The second kappa shape index (κ2) is 3.24. The molecule has 7 fully saturated rings. The molecule has 7 rings (SSSR count). The van der Waals surface area contributed by atoms with Crippen LogP contribution in [-0.2, 0) is 28.4 Å². The van der Waals surface area contributed by atoms with Gasteiger partial charge in [0.2, 0.25) is 0 Å². The zero-order valence-corrected chi connectivity index (χ0v) is 11.2. The molecule has 0 aromatic carbocycles. The molecular formula is C14H18O6. The molecule has 1 saturated carbocycles. The second-order valence-corrected chi connectivity index (χ2v) is 6.89. The van der Waals surface area contributed by atoms with E-state index >= 15 is 0 Å². The Kier molecular flexibility index (Phi) is 1.84. The molecule has 7 atom stereocenters. The number of ether oxygens (including phenoxy) is 6. The average Bonchev–Trinajstić information content (AvgIpc) is 2.88. The molecule has 6 aliphatic heterocycles. The van der Waals surface area contributed by atoms with Gasteiger partial charge in [0.15, 0.2) is 0 Å². The predicted molar refractivity (Wildman–Crippen MR) is 62.9 cm³/mol. The van der Waals surface area contributed by atoms with Crippen LogP contribution >= 0.6 is 0 Å². The lowest BCUT2D eigenvalue weighted by atomic mass is 9.60. The van der Waals surface area contributed by atoms with E-state index in [1.54, 1.807) is 0 Å². The summed E-state index contributed by atoms with van der Waals surface area (Å²) in [6.07, 6.45) is 3.77. The summed E-state index contributed by atoms with van der Waals surface area (Å²) >= 11 is 0. The smallest absolute Gasteiger partial charge is 0.273 e. The Morgan fingerprint density at radius 2 is 1.15 bits per heavy atom. The molecule has 3 spiro atoms. The van der Waals surface area contributed by atoms with E-state index in [9.17, 15) is 0 Å². The van der Waals surface area contributed by atoms with E-state index in [0.29, 0.717) is 6.61 Å². The number of hydrogen-bond acceptors (Lipinski definition) is 6. The number of hydrogen-bond donors (Lipinski definition) is 0. The zero-order chi connectivity index (χ0) is 13.0. The quantitative estimate of drug-likeness (QED) is 0.597. The van der Waals surface area contributed by atoms with Crippen molar-refractivity contribution in [3.05, 3.63) is 0 Å². The largest absolute Gasteiger partial charge is 0.369 e. The van der Waals surface area contributed by atoms with E-state index < -0.39 is 17.7 Å². The van der Waals surface area contributed by atoms with E-state index in [1.807, 2.05) is 0 Å². The van der Waals surface area contributed by atoms with Gasteiger partial charge in [0.25, 0.3) is 6.48 Å². The molecule has 4 bridgehead atoms. The zero-order valence-electron chi connectivity index (χ0n) is 11.2. The van der Waals surface area contributed by atoms with Crippen molar-refractivity contribution in [1.29, 1.82) is 0 Å². The molecule has 7 aliphatic rings. The van der Waals surface area contributed by atoms with Gasteiger partial charge < -0.3 is 28.4 Å². The van der Waals surface area contributed by atoms with Crippen LogP contribution in [0.4, 0.5) is 0 Å². The molecule has 0 N–H and O–H groups in total. The fourth-order valence-electron chi connectivity index (χ4n) is 5.35. The first-order valence-electron chi connectivity index (χ1n) is 7.69. The minimum absolute atomic E-state index is 0.0742. The molecule has 0 aromatic rings. The maximum absolute atomic E-state index is 6.21. The fourth-order valence-corrected chi connectivity index (χ4v) is 5.35. The van der Waals surface area contributed by atoms with Crippen molar-refractivity contribution in [2.45, 2.75) is 67.3 Å². The highest BCUT2D eigenvalue weighted by molar-refractivity contribution is 5.31. The minimum Gasteiger partial charge on any atom is -0.369 e. The highest BCUT2D eigenvalue weighted by atomic mass is 16.9. The molecule has 0 radical (unpaired) electrons. The third-order valence-electron chi connectivity index (χ3n) is 6.05. The van der Waals surface area contributed by atoms with Crippen LogP contribution in [0.3, 0.4) is 0 Å². The van der Waals surface area contributed by atoms with Crippen molar-refractivity contribution in [3.63, 3.8) is 0 Å². The minimum atomic E-state index is -0.575. The van der Waals surface area contributed by atoms with Crippen LogP contribution in [0.5, 0.6) is 0 Å². The highest BCUT2D eigenvalue weighted by Gasteiger charge is 2.85. The van der Waals surface area contributed by atoms with Crippen LogP contribution in [0, 0.1) is 0 Å². The van der Waals surface area contributed by atoms with E-state index in [4.69, 9.17) is 28.4 Å². The van der Waals surface area contributed by atoms with Crippen molar-refractivity contribution in [3.8, 4) is 0 Å². The van der Waals surface area contributed by atoms with E-state index in [2.05, 4.69) is 0 Å². The molecule has 0 amide bonds. The monoisotopic (exact) mass is 282 g/mol. The van der Waals surface area contributed by atoms with Crippen LogP contribution in [0.2, 0.25) is 0 Å². The normalized spacial score (nSPS) is 66.0.